The van der Waals surface area contributed by atoms with Crippen LogP contribution < -0.4 is 16.0 Å². The lowest BCUT2D eigenvalue weighted by Gasteiger charge is -2.34. The average molecular weight is 650 g/mol. The van der Waals surface area contributed by atoms with Crippen LogP contribution in [0.15, 0.2) is 77.5 Å². The first-order chi connectivity index (χ1) is 23.4. The van der Waals surface area contributed by atoms with E-state index in [0.29, 0.717) is 37.6 Å². The van der Waals surface area contributed by atoms with Gasteiger partial charge < -0.3 is 15.1 Å². The van der Waals surface area contributed by atoms with Crippen LogP contribution in [-0.2, 0) is 14.4 Å². The van der Waals surface area contributed by atoms with Gasteiger partial charge in [0, 0.05) is 74.7 Å². The zero-order valence-corrected chi connectivity index (χ0v) is 26.2. The Morgan fingerprint density at radius 2 is 1.77 bits per heavy atom. The summed E-state index contributed by atoms with van der Waals surface area (Å²) in [5.41, 5.74) is 2.61. The Bertz CT molecular complexity index is 1850. The number of para-hydroxylation sites is 1. The Kier molecular flexibility index (Phi) is 8.70. The zero-order chi connectivity index (χ0) is 33.2. The number of rotatable bonds is 10. The lowest BCUT2D eigenvalue weighted by molar-refractivity contribution is -0.136. The third-order valence-electron chi connectivity index (χ3n) is 9.10. The molecule has 0 bridgehead atoms. The first-order valence-electron chi connectivity index (χ1n) is 16.1. The van der Waals surface area contributed by atoms with E-state index in [2.05, 4.69) is 30.7 Å². The summed E-state index contributed by atoms with van der Waals surface area (Å²) in [6, 6.07) is 17.0. The molecule has 48 heavy (non-hydrogen) atoms. The van der Waals surface area contributed by atoms with Crippen molar-refractivity contribution in [2.24, 2.45) is 0 Å². The topological polar surface area (TPSA) is 157 Å². The van der Waals surface area contributed by atoms with Crippen LogP contribution in [0.5, 0.6) is 0 Å². The van der Waals surface area contributed by atoms with Crippen LogP contribution >= 0.6 is 0 Å². The number of anilines is 1. The van der Waals surface area contributed by atoms with Gasteiger partial charge in [-0.2, -0.15) is 0 Å². The van der Waals surface area contributed by atoms with E-state index < -0.39 is 35.7 Å². The minimum Gasteiger partial charge on any atom is -0.459 e. The first kappa shape index (κ1) is 31.2. The Balaban J connectivity index is 0.912. The lowest BCUT2D eigenvalue weighted by atomic mass is 10.0. The molecule has 2 aromatic heterocycles. The smallest absolute Gasteiger partial charge is 0.264 e. The molecule has 5 amide bonds. The Morgan fingerprint density at radius 3 is 2.54 bits per heavy atom. The second kappa shape index (κ2) is 13.4. The number of carbonyl (C=O) groups is 5. The number of piperidine rings is 1. The van der Waals surface area contributed by atoms with E-state index >= 15 is 0 Å². The van der Waals surface area contributed by atoms with Gasteiger partial charge in [-0.05, 0) is 36.8 Å². The molecule has 0 spiro atoms. The third kappa shape index (κ3) is 6.29. The number of hydrogen-bond acceptors (Lipinski definition) is 10. The summed E-state index contributed by atoms with van der Waals surface area (Å²) in [5.74, 6) is -1.57. The molecular weight excluding hydrogens is 614 g/mol. The number of amides is 5. The van der Waals surface area contributed by atoms with Crippen molar-refractivity contribution in [3.63, 3.8) is 0 Å². The number of fused-ring (bicyclic) bond motifs is 2. The molecule has 13 nitrogen and oxygen atoms in total. The second-order valence-corrected chi connectivity index (χ2v) is 12.2. The molecule has 2 aromatic carbocycles. The summed E-state index contributed by atoms with van der Waals surface area (Å²) < 4.78 is 6.10. The number of pyridine rings is 1. The van der Waals surface area contributed by atoms with Gasteiger partial charge in [0.15, 0.2) is 0 Å². The van der Waals surface area contributed by atoms with Gasteiger partial charge in [-0.3, -0.25) is 49.0 Å². The molecule has 2 unspecified atom stereocenters. The van der Waals surface area contributed by atoms with Gasteiger partial charge in [0.1, 0.15) is 23.4 Å². The van der Waals surface area contributed by atoms with Gasteiger partial charge in [-0.1, -0.05) is 30.3 Å². The molecule has 4 aromatic rings. The van der Waals surface area contributed by atoms with Crippen LogP contribution in [0.3, 0.4) is 0 Å². The van der Waals surface area contributed by atoms with Crippen molar-refractivity contribution in [1.29, 1.82) is 0 Å². The highest BCUT2D eigenvalue weighted by Crippen LogP contribution is 2.32. The molecule has 7 rings (SSSR count). The average Bonchev–Trinajstić information content (AvgIpc) is 3.63. The number of furan rings is 1. The predicted molar refractivity (Wildman–Crippen MR) is 175 cm³/mol. The zero-order valence-electron chi connectivity index (χ0n) is 26.2. The summed E-state index contributed by atoms with van der Waals surface area (Å²) >= 11 is 0. The number of nitrogens with one attached hydrogen (secondary N) is 3. The van der Waals surface area contributed by atoms with Crippen LogP contribution in [0.4, 0.5) is 5.69 Å². The molecule has 0 radical (unpaired) electrons. The number of nitrogens with zero attached hydrogens (tertiary/aromatic N) is 4. The monoisotopic (exact) mass is 649 g/mol. The number of benzene rings is 2. The fourth-order valence-electron chi connectivity index (χ4n) is 6.60. The summed E-state index contributed by atoms with van der Waals surface area (Å²) in [6.45, 7) is 4.42. The van der Waals surface area contributed by atoms with Crippen molar-refractivity contribution in [2.45, 2.75) is 24.9 Å². The predicted octanol–water partition coefficient (Wildman–Crippen LogP) is 2.16. The largest absolute Gasteiger partial charge is 0.459 e. The molecule has 3 aliphatic heterocycles. The number of piperazine rings is 1. The molecule has 2 saturated heterocycles. The minimum atomic E-state index is -1.01. The van der Waals surface area contributed by atoms with Crippen molar-refractivity contribution < 1.29 is 28.4 Å². The van der Waals surface area contributed by atoms with Gasteiger partial charge in [-0.15, -0.1) is 0 Å². The van der Waals surface area contributed by atoms with E-state index in [-0.39, 0.29) is 36.4 Å². The van der Waals surface area contributed by atoms with E-state index in [1.165, 1.54) is 0 Å². The Labute approximate surface area is 276 Å². The Hall–Kier alpha value is -5.40. The molecule has 0 aliphatic carbocycles. The molecule has 3 aliphatic rings. The summed E-state index contributed by atoms with van der Waals surface area (Å²) in [5, 5.41) is 9.64. The van der Waals surface area contributed by atoms with Crippen molar-refractivity contribution in [1.82, 2.24) is 30.3 Å². The second-order valence-electron chi connectivity index (χ2n) is 12.2. The SMILES string of the molecule is O=C1CCC(N2C(=O)c3cccc(NCCN4CCN(CC(=O)NC(c5cccnc5)c5cc6ccccc6o5)CC4)c3C2=O)C(=O)N1. The van der Waals surface area contributed by atoms with Crippen molar-refractivity contribution in [3.05, 3.63) is 95.5 Å². The number of imide groups is 2. The fourth-order valence-corrected chi connectivity index (χ4v) is 6.60. The van der Waals surface area contributed by atoms with E-state index in [1.807, 2.05) is 42.5 Å². The summed E-state index contributed by atoms with van der Waals surface area (Å²) in [6.07, 6.45) is 3.61. The van der Waals surface area contributed by atoms with Crippen molar-refractivity contribution in [3.8, 4) is 0 Å². The van der Waals surface area contributed by atoms with E-state index in [0.717, 1.165) is 34.5 Å². The molecule has 3 N–H and O–H groups in total. The number of aromatic nitrogens is 1. The van der Waals surface area contributed by atoms with Gasteiger partial charge in [0.2, 0.25) is 17.7 Å². The quantitative estimate of drug-likeness (QED) is 0.218. The van der Waals surface area contributed by atoms with Gasteiger partial charge in [0.05, 0.1) is 17.7 Å². The van der Waals surface area contributed by atoms with E-state index in [1.54, 1.807) is 30.6 Å². The molecule has 5 heterocycles. The van der Waals surface area contributed by atoms with Crippen LogP contribution in [0, 0.1) is 0 Å². The highest BCUT2D eigenvalue weighted by Gasteiger charge is 2.45. The molecule has 0 saturated carbocycles. The van der Waals surface area contributed by atoms with E-state index in [9.17, 15) is 24.0 Å². The van der Waals surface area contributed by atoms with E-state index in [4.69, 9.17) is 4.42 Å². The van der Waals surface area contributed by atoms with Gasteiger partial charge >= 0.3 is 0 Å². The van der Waals surface area contributed by atoms with Crippen LogP contribution in [-0.4, -0.2) is 101 Å². The maximum Gasteiger partial charge on any atom is 0.264 e. The fraction of sp³-hybridized carbons (Fsp3) is 0.314. The van der Waals surface area contributed by atoms with Crippen LogP contribution in [0.25, 0.3) is 11.0 Å². The van der Waals surface area contributed by atoms with Crippen LogP contribution in [0.2, 0.25) is 0 Å². The minimum absolute atomic E-state index is 0.0707. The summed E-state index contributed by atoms with van der Waals surface area (Å²) in [4.78, 5) is 73.3. The third-order valence-corrected chi connectivity index (χ3v) is 9.10. The molecule has 2 atom stereocenters. The highest BCUT2D eigenvalue weighted by molar-refractivity contribution is 6.25. The highest BCUT2D eigenvalue weighted by atomic mass is 16.3. The first-order valence-corrected chi connectivity index (χ1v) is 16.1. The number of carbonyl (C=O) groups excluding carboxylic acids is 5. The maximum atomic E-state index is 13.4. The normalized spacial score (nSPS) is 19.3. The number of hydrogen-bond donors (Lipinski definition) is 3. The molecule has 13 heteroatoms. The summed E-state index contributed by atoms with van der Waals surface area (Å²) in [7, 11) is 0. The lowest BCUT2D eigenvalue weighted by Crippen LogP contribution is -2.54. The van der Waals surface area contributed by atoms with Crippen LogP contribution in [0.1, 0.15) is 50.9 Å². The standard InChI is InChI=1S/C35H35N7O6/c43-29-11-10-26(33(45)39-29)42-34(46)24-7-3-8-25(31(24)35(42)47)37-13-14-40-15-17-41(18-16-40)21-30(44)38-32(23-6-4-12-36-20-23)28-19-22-5-1-2-9-27(22)48-28/h1-9,12,19-20,26,32,37H,10-11,13-18,21H2,(H,38,44)(H,39,43,45). The van der Waals surface area contributed by atoms with Crippen molar-refractivity contribution in [2.75, 3.05) is 51.1 Å². The molecular formula is C35H35N7O6. The Morgan fingerprint density at radius 1 is 0.958 bits per heavy atom. The maximum absolute atomic E-state index is 13.4. The molecule has 246 valence electrons. The molecule has 2 fully saturated rings. The van der Waals surface area contributed by atoms with Gasteiger partial charge in [0.25, 0.3) is 11.8 Å². The van der Waals surface area contributed by atoms with Gasteiger partial charge in [-0.25, -0.2) is 0 Å². The van der Waals surface area contributed by atoms with Crippen molar-refractivity contribution >= 4 is 46.2 Å².